The van der Waals surface area contributed by atoms with Gasteiger partial charge in [0.1, 0.15) is 5.82 Å². The Hall–Kier alpha value is -3.72. The molecule has 7 nitrogen and oxygen atoms in total. The van der Waals surface area contributed by atoms with Crippen LogP contribution in [0.5, 0.6) is 0 Å². The zero-order chi connectivity index (χ0) is 23.2. The SMILES string of the molecule is O=C1NCC(c2ccccc2)(S(=O)(=O)c2ccc3c(c2)CCN3C(=O)c2cccc(F)c2)N1. The number of amides is 3. The van der Waals surface area contributed by atoms with Crippen molar-refractivity contribution in [3.05, 3.63) is 95.3 Å². The first kappa shape index (κ1) is 21.1. The molecule has 0 radical (unpaired) electrons. The number of urea groups is 1. The van der Waals surface area contributed by atoms with E-state index < -0.39 is 26.6 Å². The van der Waals surface area contributed by atoms with Crippen molar-refractivity contribution in [3.63, 3.8) is 0 Å². The lowest BCUT2D eigenvalue weighted by Gasteiger charge is -2.28. The van der Waals surface area contributed by atoms with E-state index in [1.54, 1.807) is 48.5 Å². The van der Waals surface area contributed by atoms with Crippen molar-refractivity contribution in [1.82, 2.24) is 10.6 Å². The lowest BCUT2D eigenvalue weighted by molar-refractivity contribution is 0.0989. The minimum Gasteiger partial charge on any atom is -0.334 e. The number of hydrogen-bond donors (Lipinski definition) is 2. The van der Waals surface area contributed by atoms with Gasteiger partial charge in [-0.1, -0.05) is 36.4 Å². The molecule has 1 fully saturated rings. The summed E-state index contributed by atoms with van der Waals surface area (Å²) in [5.74, 6) is -0.850. The van der Waals surface area contributed by atoms with Crippen molar-refractivity contribution in [2.45, 2.75) is 16.2 Å². The summed E-state index contributed by atoms with van der Waals surface area (Å²) in [5, 5.41) is 5.17. The summed E-state index contributed by atoms with van der Waals surface area (Å²) in [6, 6.07) is 18.0. The monoisotopic (exact) mass is 465 g/mol. The third kappa shape index (κ3) is 3.36. The van der Waals surface area contributed by atoms with Gasteiger partial charge < -0.3 is 15.5 Å². The molecular weight excluding hydrogens is 445 g/mol. The molecule has 3 aromatic carbocycles. The molecule has 0 aliphatic carbocycles. The van der Waals surface area contributed by atoms with Gasteiger partial charge >= 0.3 is 6.03 Å². The fourth-order valence-corrected chi connectivity index (χ4v) is 6.29. The Bertz CT molecular complexity index is 1380. The smallest absolute Gasteiger partial charge is 0.316 e. The number of rotatable bonds is 4. The summed E-state index contributed by atoms with van der Waals surface area (Å²) in [6.07, 6.45) is 0.461. The highest BCUT2D eigenvalue weighted by Crippen LogP contribution is 2.38. The highest BCUT2D eigenvalue weighted by atomic mass is 32.2. The molecule has 0 aromatic heterocycles. The average molecular weight is 466 g/mol. The second kappa shape index (κ2) is 7.70. The molecule has 0 saturated carbocycles. The van der Waals surface area contributed by atoms with Crippen LogP contribution in [-0.2, 0) is 21.1 Å². The van der Waals surface area contributed by atoms with E-state index in [9.17, 15) is 22.4 Å². The molecule has 3 amide bonds. The molecule has 33 heavy (non-hydrogen) atoms. The van der Waals surface area contributed by atoms with Crippen molar-refractivity contribution in [2.75, 3.05) is 18.0 Å². The number of carbonyl (C=O) groups is 2. The first-order valence-corrected chi connectivity index (χ1v) is 11.9. The number of nitrogens with one attached hydrogen (secondary N) is 2. The second-order valence-corrected chi connectivity index (χ2v) is 10.2. The maximum Gasteiger partial charge on any atom is 0.316 e. The van der Waals surface area contributed by atoms with Gasteiger partial charge in [0, 0.05) is 17.8 Å². The van der Waals surface area contributed by atoms with Gasteiger partial charge in [-0.25, -0.2) is 17.6 Å². The molecule has 1 atom stereocenters. The van der Waals surface area contributed by atoms with Crippen LogP contribution >= 0.6 is 0 Å². The number of anilines is 1. The zero-order valence-corrected chi connectivity index (χ0v) is 18.2. The van der Waals surface area contributed by atoms with Crippen molar-refractivity contribution < 1.29 is 22.4 Å². The summed E-state index contributed by atoms with van der Waals surface area (Å²) < 4.78 is 41.2. The van der Waals surface area contributed by atoms with Crippen LogP contribution in [0.25, 0.3) is 0 Å². The Balaban J connectivity index is 1.53. The molecule has 2 N–H and O–H groups in total. The molecule has 2 aliphatic heterocycles. The fourth-order valence-electron chi connectivity index (χ4n) is 4.41. The summed E-state index contributed by atoms with van der Waals surface area (Å²) in [7, 11) is -4.05. The van der Waals surface area contributed by atoms with Gasteiger partial charge in [0.05, 0.1) is 11.4 Å². The lowest BCUT2D eigenvalue weighted by atomic mass is 10.1. The van der Waals surface area contributed by atoms with E-state index in [2.05, 4.69) is 10.6 Å². The van der Waals surface area contributed by atoms with Crippen LogP contribution in [0.4, 0.5) is 14.9 Å². The summed E-state index contributed by atoms with van der Waals surface area (Å²) in [5.41, 5.74) is 1.96. The molecular formula is C24H20FN3O4S. The topological polar surface area (TPSA) is 95.6 Å². The second-order valence-electron chi connectivity index (χ2n) is 8.01. The van der Waals surface area contributed by atoms with Crippen molar-refractivity contribution in [1.29, 1.82) is 0 Å². The number of nitrogens with zero attached hydrogens (tertiary/aromatic N) is 1. The summed E-state index contributed by atoms with van der Waals surface area (Å²) in [6.45, 7) is 0.246. The number of hydrogen-bond acceptors (Lipinski definition) is 4. The van der Waals surface area contributed by atoms with E-state index >= 15 is 0 Å². The Kier molecular flexibility index (Phi) is 4.93. The Labute approximate surface area is 190 Å². The molecule has 1 unspecified atom stereocenters. The maximum absolute atomic E-state index is 13.8. The van der Waals surface area contributed by atoms with Crippen LogP contribution in [0.3, 0.4) is 0 Å². The van der Waals surface area contributed by atoms with Gasteiger partial charge in [-0.05, 0) is 53.9 Å². The number of fused-ring (bicyclic) bond motifs is 1. The summed E-state index contributed by atoms with van der Waals surface area (Å²) >= 11 is 0. The number of carbonyl (C=O) groups excluding carboxylic acids is 2. The minimum atomic E-state index is -4.05. The van der Waals surface area contributed by atoms with Crippen molar-refractivity contribution in [3.8, 4) is 0 Å². The van der Waals surface area contributed by atoms with E-state index in [1.807, 2.05) is 0 Å². The standard InChI is InChI=1S/C24H20FN3O4S/c25-19-8-4-5-17(13-19)22(29)28-12-11-16-14-20(9-10-21(16)28)33(31,32)24(15-26-23(30)27-24)18-6-2-1-3-7-18/h1-10,13-14H,11-12,15H2,(H2,26,27,30). The van der Waals surface area contributed by atoms with E-state index in [4.69, 9.17) is 0 Å². The Morgan fingerprint density at radius 3 is 2.48 bits per heavy atom. The van der Waals surface area contributed by atoms with E-state index in [1.165, 1.54) is 29.2 Å². The Morgan fingerprint density at radius 1 is 1.00 bits per heavy atom. The van der Waals surface area contributed by atoms with Gasteiger partial charge in [-0.3, -0.25) is 4.79 Å². The third-order valence-electron chi connectivity index (χ3n) is 6.09. The molecule has 2 heterocycles. The largest absolute Gasteiger partial charge is 0.334 e. The third-order valence-corrected chi connectivity index (χ3v) is 8.36. The van der Waals surface area contributed by atoms with Crippen LogP contribution in [-0.4, -0.2) is 33.4 Å². The maximum atomic E-state index is 13.8. The first-order chi connectivity index (χ1) is 15.8. The normalized spacial score (nSPS) is 19.7. The van der Waals surface area contributed by atoms with Gasteiger partial charge in [0.25, 0.3) is 5.91 Å². The van der Waals surface area contributed by atoms with E-state index in [0.29, 0.717) is 29.8 Å². The number of benzene rings is 3. The fraction of sp³-hybridized carbons (Fsp3) is 0.167. The molecule has 0 spiro atoms. The van der Waals surface area contributed by atoms with Gasteiger partial charge in [0.2, 0.25) is 9.84 Å². The Morgan fingerprint density at radius 2 is 1.79 bits per heavy atom. The minimum absolute atomic E-state index is 0.0501. The molecule has 0 bridgehead atoms. The quantitative estimate of drug-likeness (QED) is 0.619. The average Bonchev–Trinajstić information content (AvgIpc) is 3.43. The molecule has 9 heteroatoms. The highest BCUT2D eigenvalue weighted by molar-refractivity contribution is 7.92. The molecule has 1 saturated heterocycles. The van der Waals surface area contributed by atoms with Crippen LogP contribution in [0.1, 0.15) is 21.5 Å². The number of sulfone groups is 1. The molecule has 3 aromatic rings. The number of halogens is 1. The zero-order valence-electron chi connectivity index (χ0n) is 17.4. The van der Waals surface area contributed by atoms with Gasteiger partial charge in [0.15, 0.2) is 4.87 Å². The first-order valence-electron chi connectivity index (χ1n) is 10.4. The van der Waals surface area contributed by atoms with E-state index in [-0.39, 0.29) is 22.9 Å². The van der Waals surface area contributed by atoms with E-state index in [0.717, 1.165) is 0 Å². The van der Waals surface area contributed by atoms with Crippen molar-refractivity contribution in [2.24, 2.45) is 0 Å². The predicted octanol–water partition coefficient (Wildman–Crippen LogP) is 2.97. The van der Waals surface area contributed by atoms with Crippen LogP contribution < -0.4 is 15.5 Å². The lowest BCUT2D eigenvalue weighted by Crippen LogP contribution is -2.47. The summed E-state index contributed by atoms with van der Waals surface area (Å²) in [4.78, 5) is 24.9. The molecule has 168 valence electrons. The van der Waals surface area contributed by atoms with Crippen LogP contribution in [0.15, 0.2) is 77.7 Å². The van der Waals surface area contributed by atoms with Gasteiger partial charge in [-0.2, -0.15) is 0 Å². The van der Waals surface area contributed by atoms with Crippen LogP contribution in [0.2, 0.25) is 0 Å². The van der Waals surface area contributed by atoms with Gasteiger partial charge in [-0.15, -0.1) is 0 Å². The van der Waals surface area contributed by atoms with Crippen LogP contribution in [0, 0.1) is 5.82 Å². The molecule has 5 rings (SSSR count). The predicted molar refractivity (Wildman–Crippen MR) is 120 cm³/mol. The molecule has 2 aliphatic rings. The van der Waals surface area contributed by atoms with Crippen molar-refractivity contribution >= 4 is 27.5 Å². The highest BCUT2D eigenvalue weighted by Gasteiger charge is 2.51.